The van der Waals surface area contributed by atoms with Crippen LogP contribution in [-0.2, 0) is 19.4 Å². The maximum atomic E-state index is 12.7. The van der Waals surface area contributed by atoms with Gasteiger partial charge in [0.05, 0.1) is 33.1 Å². The molecule has 0 aliphatic rings. The van der Waals surface area contributed by atoms with Crippen molar-refractivity contribution >= 4 is 32.9 Å². The largest absolute Gasteiger partial charge is 0.300 e. The van der Waals surface area contributed by atoms with E-state index in [0.717, 1.165) is 18.2 Å². The van der Waals surface area contributed by atoms with E-state index in [1.165, 1.54) is 31.2 Å². The van der Waals surface area contributed by atoms with Crippen LogP contribution < -0.4 is 0 Å². The fourth-order valence-corrected chi connectivity index (χ4v) is 3.72. The molecular formula is C18H15NO7S. The molecule has 0 bridgehead atoms. The average molecular weight is 389 g/mol. The van der Waals surface area contributed by atoms with Crippen LogP contribution in [0, 0.1) is 10.1 Å². The predicted molar refractivity (Wildman–Crippen MR) is 94.2 cm³/mol. The molecule has 0 spiro atoms. The van der Waals surface area contributed by atoms with E-state index in [4.69, 9.17) is 0 Å². The Balaban J connectivity index is 2.49. The zero-order chi connectivity index (χ0) is 20.2. The number of ketones is 3. The first-order valence-corrected chi connectivity index (χ1v) is 9.24. The number of carbonyl (C=O) groups excluding carboxylic acids is 3. The Morgan fingerprint density at radius 1 is 0.963 bits per heavy atom. The fraction of sp³-hybridized carbons (Fsp3) is 0.167. The average Bonchev–Trinajstić information content (AvgIpc) is 2.61. The summed E-state index contributed by atoms with van der Waals surface area (Å²) in [5, 5.41) is 11.2. The van der Waals surface area contributed by atoms with Gasteiger partial charge in [0.15, 0.2) is 5.78 Å². The summed E-state index contributed by atoms with van der Waals surface area (Å²) in [4.78, 5) is 45.0. The highest BCUT2D eigenvalue weighted by molar-refractivity contribution is 7.91. The van der Waals surface area contributed by atoms with E-state index in [1.807, 2.05) is 0 Å². The molecule has 2 aromatic rings. The second-order valence-electron chi connectivity index (χ2n) is 5.77. The van der Waals surface area contributed by atoms with Gasteiger partial charge < -0.3 is 0 Å². The SMILES string of the molecule is CC(=O)CC(=O)CC(=O)c1cc(S(=O)(=O)c2ccccc2)ccc1[N+](=O)[O-]. The molecule has 0 heterocycles. The number of nitro benzene ring substituents is 1. The second-order valence-corrected chi connectivity index (χ2v) is 7.72. The minimum Gasteiger partial charge on any atom is -0.300 e. The predicted octanol–water partition coefficient (Wildman–Crippen LogP) is 2.55. The standard InChI is InChI=1S/C18H15NO7S/c1-12(20)9-13(21)10-18(22)16-11-15(7-8-17(16)19(23)24)27(25,26)14-5-3-2-4-6-14/h2-8,11H,9-10H2,1H3. The van der Waals surface area contributed by atoms with Crippen LogP contribution in [0.4, 0.5) is 5.69 Å². The van der Waals surface area contributed by atoms with E-state index >= 15 is 0 Å². The molecular weight excluding hydrogens is 374 g/mol. The highest BCUT2D eigenvalue weighted by atomic mass is 32.2. The Kier molecular flexibility index (Phi) is 5.96. The maximum Gasteiger partial charge on any atom is 0.280 e. The van der Waals surface area contributed by atoms with Crippen molar-refractivity contribution in [2.45, 2.75) is 29.6 Å². The summed E-state index contributed by atoms with van der Waals surface area (Å²) in [6.45, 7) is 1.18. The summed E-state index contributed by atoms with van der Waals surface area (Å²) >= 11 is 0. The molecule has 0 saturated carbocycles. The summed E-state index contributed by atoms with van der Waals surface area (Å²) in [6.07, 6.45) is -1.20. The quantitative estimate of drug-likeness (QED) is 0.294. The second kappa shape index (κ2) is 8.00. The molecule has 0 atom stereocenters. The third-order valence-corrected chi connectivity index (χ3v) is 5.40. The number of benzene rings is 2. The van der Waals surface area contributed by atoms with Gasteiger partial charge in [-0.15, -0.1) is 0 Å². The number of hydrogen-bond donors (Lipinski definition) is 0. The highest BCUT2D eigenvalue weighted by Crippen LogP contribution is 2.27. The zero-order valence-corrected chi connectivity index (χ0v) is 15.1. The van der Waals surface area contributed by atoms with Gasteiger partial charge in [0.2, 0.25) is 9.84 Å². The number of sulfone groups is 1. The summed E-state index contributed by atoms with van der Waals surface area (Å²) in [5.41, 5.74) is -1.10. The van der Waals surface area contributed by atoms with Crippen molar-refractivity contribution in [3.8, 4) is 0 Å². The van der Waals surface area contributed by atoms with E-state index in [9.17, 15) is 32.9 Å². The molecule has 27 heavy (non-hydrogen) atoms. The molecule has 0 radical (unpaired) electrons. The van der Waals surface area contributed by atoms with Crippen molar-refractivity contribution in [2.75, 3.05) is 0 Å². The molecule has 140 valence electrons. The van der Waals surface area contributed by atoms with Gasteiger partial charge in [0, 0.05) is 6.07 Å². The Hall–Kier alpha value is -3.20. The lowest BCUT2D eigenvalue weighted by molar-refractivity contribution is -0.385. The van der Waals surface area contributed by atoms with Crippen LogP contribution in [0.25, 0.3) is 0 Å². The van der Waals surface area contributed by atoms with E-state index in [-0.39, 0.29) is 9.79 Å². The van der Waals surface area contributed by atoms with E-state index < -0.39 is 56.2 Å². The zero-order valence-electron chi connectivity index (χ0n) is 14.2. The Labute approximate surface area is 154 Å². The topological polar surface area (TPSA) is 128 Å². The van der Waals surface area contributed by atoms with Crippen molar-refractivity contribution < 1.29 is 27.7 Å². The molecule has 9 heteroatoms. The molecule has 2 rings (SSSR count). The number of nitro groups is 1. The Bertz CT molecular complexity index is 1030. The number of Topliss-reactive ketones (excluding diaryl/α,β-unsaturated/α-hetero) is 3. The van der Waals surface area contributed by atoms with Crippen LogP contribution in [0.15, 0.2) is 58.3 Å². The molecule has 0 N–H and O–H groups in total. The molecule has 0 aliphatic carbocycles. The molecule has 0 amide bonds. The third-order valence-electron chi connectivity index (χ3n) is 3.63. The van der Waals surface area contributed by atoms with Gasteiger partial charge in [-0.2, -0.15) is 0 Å². The summed E-state index contributed by atoms with van der Waals surface area (Å²) < 4.78 is 25.3. The first kappa shape index (κ1) is 20.1. The number of hydrogen-bond acceptors (Lipinski definition) is 7. The van der Waals surface area contributed by atoms with Gasteiger partial charge in [0.25, 0.3) is 5.69 Å². The first-order valence-electron chi connectivity index (χ1n) is 7.76. The minimum atomic E-state index is -4.00. The Morgan fingerprint density at radius 2 is 1.59 bits per heavy atom. The molecule has 0 saturated heterocycles. The van der Waals surface area contributed by atoms with Crippen LogP contribution in [0.3, 0.4) is 0 Å². The molecule has 0 aliphatic heterocycles. The number of rotatable bonds is 8. The lowest BCUT2D eigenvalue weighted by Crippen LogP contribution is -2.13. The van der Waals surface area contributed by atoms with Crippen molar-refractivity contribution in [1.82, 2.24) is 0 Å². The van der Waals surface area contributed by atoms with E-state index in [2.05, 4.69) is 0 Å². The van der Waals surface area contributed by atoms with Gasteiger partial charge in [-0.25, -0.2) is 8.42 Å². The van der Waals surface area contributed by atoms with Crippen LogP contribution >= 0.6 is 0 Å². The van der Waals surface area contributed by atoms with Gasteiger partial charge in [-0.1, -0.05) is 18.2 Å². The van der Waals surface area contributed by atoms with Gasteiger partial charge >= 0.3 is 0 Å². The van der Waals surface area contributed by atoms with Gasteiger partial charge in [-0.3, -0.25) is 24.5 Å². The van der Waals surface area contributed by atoms with Crippen LogP contribution in [0.5, 0.6) is 0 Å². The number of carbonyl (C=O) groups is 3. The van der Waals surface area contributed by atoms with E-state index in [0.29, 0.717) is 0 Å². The Morgan fingerprint density at radius 3 is 2.15 bits per heavy atom. The first-order chi connectivity index (χ1) is 12.6. The maximum absolute atomic E-state index is 12.7. The summed E-state index contributed by atoms with van der Waals surface area (Å²) in [6, 6.07) is 10.2. The lowest BCUT2D eigenvalue weighted by atomic mass is 10.0. The minimum absolute atomic E-state index is 0.0371. The molecule has 0 fully saturated rings. The van der Waals surface area contributed by atoms with Gasteiger partial charge in [0.1, 0.15) is 11.6 Å². The molecule has 0 unspecified atom stereocenters. The molecule has 8 nitrogen and oxygen atoms in total. The monoisotopic (exact) mass is 389 g/mol. The summed E-state index contributed by atoms with van der Waals surface area (Å²) in [7, 11) is -4.00. The van der Waals surface area contributed by atoms with Crippen LogP contribution in [0.1, 0.15) is 30.1 Å². The van der Waals surface area contributed by atoms with Crippen LogP contribution in [0.2, 0.25) is 0 Å². The van der Waals surface area contributed by atoms with Crippen molar-refractivity contribution in [1.29, 1.82) is 0 Å². The third kappa shape index (κ3) is 4.70. The number of nitrogens with zero attached hydrogens (tertiary/aromatic N) is 1. The van der Waals surface area contributed by atoms with E-state index in [1.54, 1.807) is 6.07 Å². The van der Waals surface area contributed by atoms with Gasteiger partial charge in [-0.05, 0) is 31.2 Å². The highest BCUT2D eigenvalue weighted by Gasteiger charge is 2.26. The van der Waals surface area contributed by atoms with Crippen molar-refractivity contribution in [2.24, 2.45) is 0 Å². The smallest absolute Gasteiger partial charge is 0.280 e. The molecule has 0 aromatic heterocycles. The lowest BCUT2D eigenvalue weighted by Gasteiger charge is -2.07. The summed E-state index contributed by atoms with van der Waals surface area (Å²) in [5.74, 6) is -2.06. The van der Waals surface area contributed by atoms with Crippen molar-refractivity contribution in [3.63, 3.8) is 0 Å². The molecule has 2 aromatic carbocycles. The fourth-order valence-electron chi connectivity index (χ4n) is 2.42. The van der Waals surface area contributed by atoms with Crippen LogP contribution in [-0.4, -0.2) is 30.7 Å². The van der Waals surface area contributed by atoms with Crippen molar-refractivity contribution in [3.05, 3.63) is 64.2 Å². The normalized spacial score (nSPS) is 11.0.